The Bertz CT molecular complexity index is 647. The van der Waals surface area contributed by atoms with Crippen LogP contribution in [0.15, 0.2) is 18.3 Å². The molecule has 106 valence electrons. The molecule has 1 fully saturated rings. The van der Waals surface area contributed by atoms with E-state index < -0.39 is 0 Å². The third-order valence-electron chi connectivity index (χ3n) is 3.63. The van der Waals surface area contributed by atoms with E-state index in [4.69, 9.17) is 21.1 Å². The number of ether oxygens (including phenoxy) is 2. The summed E-state index contributed by atoms with van der Waals surface area (Å²) in [5.74, 6) is 0.824. The fourth-order valence-electron chi connectivity index (χ4n) is 2.55. The number of carbonyl (C=O) groups excluding carboxylic acids is 1. The lowest BCUT2D eigenvalue weighted by atomic mass is 9.99. The molecule has 0 aliphatic carbocycles. The number of esters is 1. The number of aromatic nitrogens is 2. The Morgan fingerprint density at radius 3 is 2.90 bits per heavy atom. The van der Waals surface area contributed by atoms with E-state index in [1.165, 1.54) is 7.11 Å². The highest BCUT2D eigenvalue weighted by atomic mass is 35.5. The van der Waals surface area contributed by atoms with Crippen molar-refractivity contribution in [3.63, 3.8) is 0 Å². The van der Waals surface area contributed by atoms with Crippen LogP contribution in [-0.2, 0) is 9.47 Å². The number of methoxy groups -OCH3 is 1. The molecule has 0 amide bonds. The van der Waals surface area contributed by atoms with Crippen molar-refractivity contribution in [2.45, 2.75) is 18.8 Å². The predicted octanol–water partition coefficient (Wildman–Crippen LogP) is 2.67. The van der Waals surface area contributed by atoms with Crippen molar-refractivity contribution in [3.8, 4) is 0 Å². The van der Waals surface area contributed by atoms with Gasteiger partial charge in [0.25, 0.3) is 0 Å². The van der Waals surface area contributed by atoms with E-state index in [1.54, 1.807) is 18.3 Å². The molecule has 3 heterocycles. The van der Waals surface area contributed by atoms with E-state index in [9.17, 15) is 4.79 Å². The van der Waals surface area contributed by atoms with Gasteiger partial charge in [0.1, 0.15) is 5.82 Å². The van der Waals surface area contributed by atoms with Gasteiger partial charge in [-0.3, -0.25) is 0 Å². The fourth-order valence-corrected chi connectivity index (χ4v) is 2.79. The first-order valence-electron chi connectivity index (χ1n) is 6.54. The number of carbonyl (C=O) groups is 1. The van der Waals surface area contributed by atoms with Gasteiger partial charge in [-0.2, -0.15) is 0 Å². The molecule has 20 heavy (non-hydrogen) atoms. The molecule has 0 aromatic carbocycles. The Morgan fingerprint density at radius 1 is 1.45 bits per heavy atom. The zero-order chi connectivity index (χ0) is 14.1. The number of halogens is 1. The minimum absolute atomic E-state index is 0.302. The molecule has 0 radical (unpaired) electrons. The van der Waals surface area contributed by atoms with Gasteiger partial charge in [-0.05, 0) is 25.0 Å². The zero-order valence-electron chi connectivity index (χ0n) is 11.1. The first-order valence-corrected chi connectivity index (χ1v) is 6.92. The smallest absolute Gasteiger partial charge is 0.339 e. The predicted molar refractivity (Wildman–Crippen MR) is 74.3 cm³/mol. The molecule has 1 saturated heterocycles. The molecule has 0 unspecified atom stereocenters. The highest BCUT2D eigenvalue weighted by Gasteiger charge is 2.22. The topological polar surface area (TPSA) is 52.8 Å². The maximum absolute atomic E-state index is 11.6. The Hall–Kier alpha value is -1.59. The van der Waals surface area contributed by atoms with Gasteiger partial charge in [-0.25, -0.2) is 9.78 Å². The summed E-state index contributed by atoms with van der Waals surface area (Å²) in [4.78, 5) is 16.1. The minimum Gasteiger partial charge on any atom is -0.465 e. The van der Waals surface area contributed by atoms with Gasteiger partial charge in [-0.1, -0.05) is 11.6 Å². The highest BCUT2D eigenvalue weighted by Crippen LogP contribution is 2.30. The van der Waals surface area contributed by atoms with Crippen molar-refractivity contribution < 1.29 is 14.3 Å². The number of pyridine rings is 1. The second-order valence-electron chi connectivity index (χ2n) is 4.81. The molecule has 1 aliphatic rings. The Kier molecular flexibility index (Phi) is 3.63. The lowest BCUT2D eigenvalue weighted by Crippen LogP contribution is -2.16. The molecule has 1 aliphatic heterocycles. The summed E-state index contributed by atoms with van der Waals surface area (Å²) in [5, 5.41) is 0.461. The SMILES string of the molecule is COC(=O)c1ccc2c(Cl)nc(C3CCOCC3)n2c1. The van der Waals surface area contributed by atoms with Crippen molar-refractivity contribution in [1.82, 2.24) is 9.38 Å². The number of hydrogen-bond acceptors (Lipinski definition) is 4. The van der Waals surface area contributed by atoms with Crippen LogP contribution in [0.4, 0.5) is 0 Å². The Morgan fingerprint density at radius 2 is 2.20 bits per heavy atom. The van der Waals surface area contributed by atoms with Gasteiger partial charge in [0.05, 0.1) is 18.2 Å². The van der Waals surface area contributed by atoms with Gasteiger partial charge in [-0.15, -0.1) is 0 Å². The van der Waals surface area contributed by atoms with E-state index >= 15 is 0 Å². The lowest BCUT2D eigenvalue weighted by Gasteiger charge is -2.21. The fraction of sp³-hybridized carbons (Fsp3) is 0.429. The monoisotopic (exact) mass is 294 g/mol. The number of imidazole rings is 1. The maximum Gasteiger partial charge on any atom is 0.339 e. The first kappa shape index (κ1) is 13.4. The van der Waals surface area contributed by atoms with E-state index in [2.05, 4.69) is 4.98 Å². The van der Waals surface area contributed by atoms with Crippen LogP contribution >= 0.6 is 11.6 Å². The van der Waals surface area contributed by atoms with Crippen molar-refractivity contribution >= 4 is 23.1 Å². The van der Waals surface area contributed by atoms with Crippen LogP contribution in [0.1, 0.15) is 34.9 Å². The number of fused-ring (bicyclic) bond motifs is 1. The zero-order valence-corrected chi connectivity index (χ0v) is 11.9. The maximum atomic E-state index is 11.6. The average Bonchev–Trinajstić information content (AvgIpc) is 2.84. The molecule has 0 atom stereocenters. The first-order chi connectivity index (χ1) is 9.70. The largest absolute Gasteiger partial charge is 0.465 e. The molecule has 0 bridgehead atoms. The average molecular weight is 295 g/mol. The Balaban J connectivity index is 2.08. The molecule has 0 N–H and O–H groups in total. The van der Waals surface area contributed by atoms with E-state index in [0.29, 0.717) is 16.6 Å². The molecule has 5 nitrogen and oxygen atoms in total. The summed E-state index contributed by atoms with van der Waals surface area (Å²) in [6.07, 6.45) is 3.57. The second kappa shape index (κ2) is 5.42. The Labute approximate surface area is 121 Å². The summed E-state index contributed by atoms with van der Waals surface area (Å²) < 4.78 is 12.0. The molecule has 6 heteroatoms. The van der Waals surface area contributed by atoms with E-state index in [-0.39, 0.29) is 5.97 Å². The van der Waals surface area contributed by atoms with Gasteiger partial charge < -0.3 is 13.9 Å². The van der Waals surface area contributed by atoms with Crippen molar-refractivity contribution in [1.29, 1.82) is 0 Å². The van der Waals surface area contributed by atoms with Crippen molar-refractivity contribution in [3.05, 3.63) is 34.9 Å². The number of rotatable bonds is 2. The van der Waals surface area contributed by atoms with Crippen LogP contribution in [0, 0.1) is 0 Å². The van der Waals surface area contributed by atoms with Crippen LogP contribution in [-0.4, -0.2) is 35.7 Å². The third-order valence-corrected chi connectivity index (χ3v) is 3.91. The van der Waals surface area contributed by atoms with Crippen molar-refractivity contribution in [2.75, 3.05) is 20.3 Å². The minimum atomic E-state index is -0.366. The van der Waals surface area contributed by atoms with Crippen molar-refractivity contribution in [2.24, 2.45) is 0 Å². The third kappa shape index (κ3) is 2.27. The van der Waals surface area contributed by atoms with Crippen LogP contribution in [0.5, 0.6) is 0 Å². The summed E-state index contributed by atoms with van der Waals surface area (Å²) in [6, 6.07) is 3.49. The summed E-state index contributed by atoms with van der Waals surface area (Å²) in [6.45, 7) is 1.46. The molecule has 3 rings (SSSR count). The quantitative estimate of drug-likeness (QED) is 0.799. The van der Waals surface area contributed by atoms with E-state index in [1.807, 2.05) is 4.40 Å². The second-order valence-corrected chi connectivity index (χ2v) is 5.17. The molecule has 2 aromatic rings. The number of nitrogens with zero attached hydrogens (tertiary/aromatic N) is 2. The molecular formula is C14H15ClN2O3. The highest BCUT2D eigenvalue weighted by molar-refractivity contribution is 6.32. The lowest BCUT2D eigenvalue weighted by molar-refractivity contribution is 0.0600. The van der Waals surface area contributed by atoms with E-state index in [0.717, 1.165) is 37.4 Å². The van der Waals surface area contributed by atoms with Gasteiger partial charge in [0.2, 0.25) is 0 Å². The van der Waals surface area contributed by atoms with Gasteiger partial charge >= 0.3 is 5.97 Å². The molecule has 2 aromatic heterocycles. The molecule has 0 spiro atoms. The van der Waals surface area contributed by atoms with Gasteiger partial charge in [0, 0.05) is 25.3 Å². The molecular weight excluding hydrogens is 280 g/mol. The van der Waals surface area contributed by atoms with Crippen LogP contribution in [0.25, 0.3) is 5.52 Å². The summed E-state index contributed by atoms with van der Waals surface area (Å²) in [5.41, 5.74) is 1.29. The van der Waals surface area contributed by atoms with Gasteiger partial charge in [0.15, 0.2) is 5.15 Å². The standard InChI is InChI=1S/C14H15ClN2O3/c1-19-14(18)10-2-3-11-12(15)16-13(17(11)8-10)9-4-6-20-7-5-9/h2-3,8-9H,4-7H2,1H3. The number of hydrogen-bond donors (Lipinski definition) is 0. The summed E-state index contributed by atoms with van der Waals surface area (Å²) >= 11 is 6.18. The van der Waals surface area contributed by atoms with Crippen LogP contribution in [0.2, 0.25) is 5.15 Å². The molecule has 0 saturated carbocycles. The summed E-state index contributed by atoms with van der Waals surface area (Å²) in [7, 11) is 1.37. The van der Waals surface area contributed by atoms with Crippen LogP contribution in [0.3, 0.4) is 0 Å². The normalized spacial score (nSPS) is 16.5. The van der Waals surface area contributed by atoms with Crippen LogP contribution < -0.4 is 0 Å².